The van der Waals surface area contributed by atoms with E-state index >= 15 is 0 Å². The molecular formula is C20H29N3O8. The number of carbonyl (C=O) groups excluding carboxylic acids is 4. The highest BCUT2D eigenvalue weighted by molar-refractivity contribution is 6.01. The summed E-state index contributed by atoms with van der Waals surface area (Å²) in [5.41, 5.74) is -1.10. The molecule has 0 bridgehead atoms. The lowest BCUT2D eigenvalue weighted by Crippen LogP contribution is -2.46. The van der Waals surface area contributed by atoms with Crippen molar-refractivity contribution in [2.24, 2.45) is 0 Å². The third-order valence-corrected chi connectivity index (χ3v) is 3.36. The van der Waals surface area contributed by atoms with Crippen molar-refractivity contribution < 1.29 is 33.7 Å². The molecule has 11 heteroatoms. The fourth-order valence-electron chi connectivity index (χ4n) is 2.06. The van der Waals surface area contributed by atoms with Gasteiger partial charge in [-0.2, -0.15) is 0 Å². The van der Waals surface area contributed by atoms with Gasteiger partial charge in [0.25, 0.3) is 17.5 Å². The molecule has 11 nitrogen and oxygen atoms in total. The molecule has 1 atom stereocenters. The van der Waals surface area contributed by atoms with Crippen molar-refractivity contribution >= 4 is 23.9 Å². The SMILES string of the molecule is C=C/C(=C\C=C\CC(NC(=O)OC(C)(C)C)C(=O)ON1C(=O)CCC1=O)[N+](=O)[O-].CC. The molecule has 0 aliphatic carbocycles. The van der Waals surface area contributed by atoms with Crippen LogP contribution in [0.25, 0.3) is 0 Å². The van der Waals surface area contributed by atoms with Gasteiger partial charge in [-0.3, -0.25) is 19.7 Å². The zero-order valence-electron chi connectivity index (χ0n) is 18.4. The van der Waals surface area contributed by atoms with Gasteiger partial charge in [-0.05, 0) is 27.2 Å². The molecule has 1 saturated heterocycles. The van der Waals surface area contributed by atoms with Gasteiger partial charge >= 0.3 is 12.1 Å². The number of nitro groups is 1. The van der Waals surface area contributed by atoms with E-state index < -0.39 is 40.4 Å². The first-order valence-corrected chi connectivity index (χ1v) is 9.65. The lowest BCUT2D eigenvalue weighted by molar-refractivity contribution is -0.418. The second-order valence-corrected chi connectivity index (χ2v) is 6.91. The highest BCUT2D eigenvalue weighted by atomic mass is 16.7. The van der Waals surface area contributed by atoms with Crippen LogP contribution in [0.5, 0.6) is 0 Å². The van der Waals surface area contributed by atoms with E-state index in [9.17, 15) is 29.3 Å². The minimum absolute atomic E-state index is 0.0772. The fourth-order valence-corrected chi connectivity index (χ4v) is 2.06. The molecule has 1 heterocycles. The van der Waals surface area contributed by atoms with Crippen molar-refractivity contribution in [2.75, 3.05) is 0 Å². The van der Waals surface area contributed by atoms with Crippen LogP contribution in [0, 0.1) is 10.1 Å². The average molecular weight is 439 g/mol. The Balaban J connectivity index is 0.00000436. The Kier molecular flexibility index (Phi) is 11.5. The Hall–Kier alpha value is -3.50. The molecule has 1 rings (SSSR count). The van der Waals surface area contributed by atoms with Gasteiger partial charge in [0.1, 0.15) is 11.6 Å². The zero-order chi connectivity index (χ0) is 24.2. The Labute approximate surface area is 180 Å². The number of hydrogen-bond acceptors (Lipinski definition) is 8. The molecule has 0 aromatic rings. The average Bonchev–Trinajstić information content (AvgIpc) is 2.98. The maximum Gasteiger partial charge on any atom is 0.408 e. The van der Waals surface area contributed by atoms with Crippen LogP contribution in [-0.2, 0) is 24.0 Å². The van der Waals surface area contributed by atoms with Crippen LogP contribution in [0.2, 0.25) is 0 Å². The smallest absolute Gasteiger partial charge is 0.408 e. The minimum atomic E-state index is -1.31. The van der Waals surface area contributed by atoms with Gasteiger partial charge < -0.3 is 14.9 Å². The molecule has 1 fully saturated rings. The number of rotatable bonds is 8. The Morgan fingerprint density at radius 2 is 1.81 bits per heavy atom. The second-order valence-electron chi connectivity index (χ2n) is 6.91. The third kappa shape index (κ3) is 10.2. The van der Waals surface area contributed by atoms with Crippen molar-refractivity contribution in [3.8, 4) is 0 Å². The van der Waals surface area contributed by atoms with Gasteiger partial charge in [-0.25, -0.2) is 9.59 Å². The van der Waals surface area contributed by atoms with E-state index in [1.54, 1.807) is 20.8 Å². The van der Waals surface area contributed by atoms with Gasteiger partial charge in [0, 0.05) is 25.0 Å². The molecule has 0 radical (unpaired) electrons. The first kappa shape index (κ1) is 27.5. The number of hydrogen-bond donors (Lipinski definition) is 1. The number of amides is 3. The number of hydroxylamine groups is 2. The van der Waals surface area contributed by atoms with E-state index in [2.05, 4.69) is 11.9 Å². The van der Waals surface area contributed by atoms with Crippen LogP contribution < -0.4 is 5.32 Å². The van der Waals surface area contributed by atoms with Gasteiger partial charge in [-0.1, -0.05) is 32.6 Å². The molecular weight excluding hydrogens is 410 g/mol. The molecule has 31 heavy (non-hydrogen) atoms. The van der Waals surface area contributed by atoms with Gasteiger partial charge in [0.05, 0.1) is 4.92 Å². The highest BCUT2D eigenvalue weighted by Crippen LogP contribution is 2.14. The molecule has 3 amide bonds. The predicted molar refractivity (Wildman–Crippen MR) is 111 cm³/mol. The number of alkyl carbamates (subject to hydrolysis) is 1. The number of allylic oxidation sites excluding steroid dienone is 3. The Morgan fingerprint density at radius 3 is 2.26 bits per heavy atom. The summed E-state index contributed by atoms with van der Waals surface area (Å²) < 4.78 is 5.08. The number of nitrogens with one attached hydrogen (secondary N) is 1. The maximum atomic E-state index is 12.4. The summed E-state index contributed by atoms with van der Waals surface area (Å²) in [6.45, 7) is 12.2. The number of imide groups is 1. The van der Waals surface area contributed by atoms with Crippen LogP contribution in [0.1, 0.15) is 53.9 Å². The second kappa shape index (κ2) is 12.9. The van der Waals surface area contributed by atoms with Crippen molar-refractivity contribution in [2.45, 2.75) is 65.5 Å². The van der Waals surface area contributed by atoms with Gasteiger partial charge in [-0.15, -0.1) is 5.06 Å². The third-order valence-electron chi connectivity index (χ3n) is 3.36. The van der Waals surface area contributed by atoms with Crippen LogP contribution in [0.3, 0.4) is 0 Å². The van der Waals surface area contributed by atoms with E-state index in [0.29, 0.717) is 5.06 Å². The van der Waals surface area contributed by atoms with Gasteiger partial charge in [0.2, 0.25) is 0 Å². The predicted octanol–water partition coefficient (Wildman–Crippen LogP) is 2.81. The fraction of sp³-hybridized carbons (Fsp3) is 0.500. The van der Waals surface area contributed by atoms with E-state index in [4.69, 9.17) is 9.57 Å². The van der Waals surface area contributed by atoms with Crippen LogP contribution in [0.15, 0.2) is 36.6 Å². The monoisotopic (exact) mass is 439 g/mol. The van der Waals surface area contributed by atoms with Crippen molar-refractivity contribution in [3.05, 3.63) is 46.7 Å². The summed E-state index contributed by atoms with van der Waals surface area (Å²) in [4.78, 5) is 62.5. The van der Waals surface area contributed by atoms with Gasteiger partial charge in [0.15, 0.2) is 0 Å². The summed E-state index contributed by atoms with van der Waals surface area (Å²) in [6, 6.07) is -1.31. The molecule has 0 aromatic heterocycles. The minimum Gasteiger partial charge on any atom is -0.444 e. The van der Waals surface area contributed by atoms with Crippen molar-refractivity contribution in [1.29, 1.82) is 0 Å². The Bertz CT molecular complexity index is 749. The number of carbonyl (C=O) groups is 4. The molecule has 0 saturated carbocycles. The number of nitrogens with zero attached hydrogens (tertiary/aromatic N) is 2. The summed E-state index contributed by atoms with van der Waals surface area (Å²) in [6.07, 6.45) is 3.63. The molecule has 0 spiro atoms. The van der Waals surface area contributed by atoms with E-state index in [1.807, 2.05) is 13.8 Å². The van der Waals surface area contributed by atoms with Crippen molar-refractivity contribution in [3.63, 3.8) is 0 Å². The summed E-state index contributed by atoms with van der Waals surface area (Å²) >= 11 is 0. The normalized spacial score (nSPS) is 15.1. The van der Waals surface area contributed by atoms with Crippen molar-refractivity contribution in [1.82, 2.24) is 10.4 Å². The summed E-state index contributed by atoms with van der Waals surface area (Å²) in [5, 5.41) is 13.4. The standard InChI is InChI=1S/C18H23N3O8.C2H6/c1-5-12(21(26)27)8-6-7-9-13(19-17(25)28-18(2,3)4)16(24)29-20-14(22)10-11-15(20)23;1-2/h5-8,13H,1,9-11H2,2-4H3,(H,19,25);1-2H3/b7-6+,12-8+;. The lowest BCUT2D eigenvalue weighted by atomic mass is 10.2. The van der Waals surface area contributed by atoms with Crippen LogP contribution >= 0.6 is 0 Å². The first-order chi connectivity index (χ1) is 14.4. The lowest BCUT2D eigenvalue weighted by Gasteiger charge is -2.23. The zero-order valence-corrected chi connectivity index (χ0v) is 18.4. The summed E-state index contributed by atoms with van der Waals surface area (Å²) in [5.74, 6) is -2.40. The molecule has 172 valence electrons. The molecule has 1 aliphatic heterocycles. The van der Waals surface area contributed by atoms with E-state index in [1.165, 1.54) is 12.2 Å². The quantitative estimate of drug-likeness (QED) is 0.263. The van der Waals surface area contributed by atoms with Crippen LogP contribution in [0.4, 0.5) is 4.79 Å². The highest BCUT2D eigenvalue weighted by Gasteiger charge is 2.35. The van der Waals surface area contributed by atoms with E-state index in [-0.39, 0.29) is 25.0 Å². The largest absolute Gasteiger partial charge is 0.444 e. The molecule has 1 unspecified atom stereocenters. The molecule has 1 aliphatic rings. The maximum absolute atomic E-state index is 12.4. The van der Waals surface area contributed by atoms with Crippen LogP contribution in [-0.4, -0.2) is 45.5 Å². The summed E-state index contributed by atoms with van der Waals surface area (Å²) in [7, 11) is 0. The van der Waals surface area contributed by atoms with E-state index in [0.717, 1.165) is 12.2 Å². The topological polar surface area (TPSA) is 145 Å². The number of ether oxygens (including phenoxy) is 1. The first-order valence-electron chi connectivity index (χ1n) is 9.65. The molecule has 1 N–H and O–H groups in total. The Morgan fingerprint density at radius 1 is 1.26 bits per heavy atom. The molecule has 0 aromatic carbocycles.